The number of nitrogens with one attached hydrogen (secondary N) is 3. The molecule has 12 heteroatoms. The van der Waals surface area contributed by atoms with Crippen molar-refractivity contribution in [1.82, 2.24) is 9.88 Å². The number of morpholine rings is 1. The topological polar surface area (TPSA) is 95.6 Å². The molecule has 1 saturated heterocycles. The average Bonchev–Trinajstić information content (AvgIpc) is 3.35. The molecule has 2 amide bonds. The van der Waals surface area contributed by atoms with Crippen molar-refractivity contribution in [2.24, 2.45) is 0 Å². The van der Waals surface area contributed by atoms with E-state index in [0.717, 1.165) is 50.5 Å². The zero-order chi connectivity index (χ0) is 26.4. The minimum Gasteiger partial charge on any atom is -0.379 e. The number of nitrogens with zero attached hydrogens (tertiary/aromatic N) is 2. The van der Waals surface area contributed by atoms with Crippen LogP contribution < -0.4 is 16.0 Å². The lowest BCUT2D eigenvalue weighted by atomic mass is 10.1. The first-order valence-corrected chi connectivity index (χ1v) is 12.4. The number of aryl methyl sites for hydroxylation is 1. The molecule has 0 saturated carbocycles. The third kappa shape index (κ3) is 7.28. The molecule has 1 aromatic heterocycles. The Bertz CT molecular complexity index is 1260. The van der Waals surface area contributed by atoms with E-state index in [0.29, 0.717) is 27.9 Å². The molecule has 2 aromatic carbocycles. The Morgan fingerprint density at radius 1 is 1.08 bits per heavy atom. The molecule has 3 aromatic rings. The van der Waals surface area contributed by atoms with Crippen molar-refractivity contribution in [3.8, 4) is 0 Å². The van der Waals surface area contributed by atoms with Crippen molar-refractivity contribution in [2.45, 2.75) is 13.1 Å². The molecule has 4 rings (SSSR count). The minimum absolute atomic E-state index is 0.126. The van der Waals surface area contributed by atoms with Crippen molar-refractivity contribution in [1.29, 1.82) is 0 Å². The van der Waals surface area contributed by atoms with E-state index in [4.69, 9.17) is 4.74 Å². The second-order valence-electron chi connectivity index (χ2n) is 8.43. The summed E-state index contributed by atoms with van der Waals surface area (Å²) in [5.41, 5.74) is 0.509. The fraction of sp³-hybridized carbons (Fsp3) is 0.320. The van der Waals surface area contributed by atoms with Gasteiger partial charge in [-0.05, 0) is 42.8 Å². The van der Waals surface area contributed by atoms with Gasteiger partial charge < -0.3 is 20.7 Å². The lowest BCUT2D eigenvalue weighted by Crippen LogP contribution is -2.38. The van der Waals surface area contributed by atoms with Gasteiger partial charge >= 0.3 is 6.18 Å². The van der Waals surface area contributed by atoms with E-state index in [1.165, 1.54) is 29.7 Å². The maximum Gasteiger partial charge on any atom is 0.416 e. The first-order chi connectivity index (χ1) is 17.7. The van der Waals surface area contributed by atoms with Gasteiger partial charge in [0.05, 0.1) is 25.0 Å². The zero-order valence-electron chi connectivity index (χ0n) is 20.0. The highest BCUT2D eigenvalue weighted by atomic mass is 32.1. The SMILES string of the molecule is Cc1ccc(NC(=O)c2cccc(C(F)(F)F)c2)cc1NC(=O)c1cnc(NCCN2CCOCC2)s1. The van der Waals surface area contributed by atoms with Crippen molar-refractivity contribution in [2.75, 3.05) is 55.3 Å². The van der Waals surface area contributed by atoms with Gasteiger partial charge in [-0.2, -0.15) is 13.2 Å². The number of thiazole rings is 1. The van der Waals surface area contributed by atoms with E-state index in [9.17, 15) is 22.8 Å². The molecule has 1 aliphatic heterocycles. The van der Waals surface area contributed by atoms with Crippen LogP contribution in [-0.4, -0.2) is 61.1 Å². The smallest absolute Gasteiger partial charge is 0.379 e. The molecule has 0 unspecified atom stereocenters. The average molecular weight is 534 g/mol. The van der Waals surface area contributed by atoms with E-state index in [1.807, 2.05) is 0 Å². The summed E-state index contributed by atoms with van der Waals surface area (Å²) in [7, 11) is 0. The Morgan fingerprint density at radius 2 is 1.86 bits per heavy atom. The molecule has 2 heterocycles. The van der Waals surface area contributed by atoms with Gasteiger partial charge in [0, 0.05) is 43.1 Å². The van der Waals surface area contributed by atoms with Crippen LogP contribution >= 0.6 is 11.3 Å². The molecular formula is C25H26F3N5O3S. The number of benzene rings is 2. The predicted octanol–water partition coefficient (Wildman–Crippen LogP) is 4.72. The standard InChI is InChI=1S/C25H26F3N5O3S/c1-16-5-6-19(31-22(34)17-3-2-4-18(13-17)25(26,27)28)14-20(16)32-23(35)21-15-30-24(37-21)29-7-8-33-9-11-36-12-10-33/h2-6,13-15H,7-12H2,1H3,(H,29,30)(H,31,34)(H,32,35). The molecule has 3 N–H and O–H groups in total. The molecule has 0 bridgehead atoms. The van der Waals surface area contributed by atoms with Gasteiger partial charge in [-0.3, -0.25) is 14.5 Å². The second kappa shape index (κ2) is 11.7. The van der Waals surface area contributed by atoms with E-state index >= 15 is 0 Å². The van der Waals surface area contributed by atoms with Crippen LogP contribution in [0.3, 0.4) is 0 Å². The monoisotopic (exact) mass is 533 g/mol. The number of anilines is 3. The number of carbonyl (C=O) groups excluding carboxylic acids is 2. The number of rotatable bonds is 8. The quantitative estimate of drug-likeness (QED) is 0.388. The van der Waals surface area contributed by atoms with Crippen LogP contribution in [-0.2, 0) is 10.9 Å². The van der Waals surface area contributed by atoms with E-state index in [1.54, 1.807) is 25.1 Å². The number of alkyl halides is 3. The molecule has 0 aliphatic carbocycles. The number of ether oxygens (including phenoxy) is 1. The molecular weight excluding hydrogens is 507 g/mol. The van der Waals surface area contributed by atoms with Gasteiger partial charge in [0.15, 0.2) is 5.13 Å². The molecule has 1 fully saturated rings. The van der Waals surface area contributed by atoms with E-state index in [2.05, 4.69) is 25.8 Å². The van der Waals surface area contributed by atoms with Crippen molar-refractivity contribution >= 4 is 39.7 Å². The summed E-state index contributed by atoms with van der Waals surface area (Å²) >= 11 is 1.23. The molecule has 0 spiro atoms. The van der Waals surface area contributed by atoms with Crippen LogP contribution in [0.25, 0.3) is 0 Å². The Kier molecular flexibility index (Phi) is 8.41. The van der Waals surface area contributed by atoms with E-state index < -0.39 is 17.6 Å². The van der Waals surface area contributed by atoms with Gasteiger partial charge in [0.25, 0.3) is 11.8 Å². The van der Waals surface area contributed by atoms with Crippen LogP contribution in [0.15, 0.2) is 48.7 Å². The lowest BCUT2D eigenvalue weighted by molar-refractivity contribution is -0.137. The van der Waals surface area contributed by atoms with Gasteiger partial charge in [-0.25, -0.2) is 4.98 Å². The normalized spacial score (nSPS) is 14.3. The van der Waals surface area contributed by atoms with Gasteiger partial charge in [0.2, 0.25) is 0 Å². The highest BCUT2D eigenvalue weighted by Gasteiger charge is 2.31. The third-order valence-corrected chi connectivity index (χ3v) is 6.69. The number of halogens is 3. The maximum absolute atomic E-state index is 13.0. The molecule has 0 atom stereocenters. The summed E-state index contributed by atoms with van der Waals surface area (Å²) in [5.74, 6) is -1.05. The molecule has 8 nitrogen and oxygen atoms in total. The number of hydrogen-bond acceptors (Lipinski definition) is 7. The largest absolute Gasteiger partial charge is 0.416 e. The highest BCUT2D eigenvalue weighted by Crippen LogP contribution is 2.30. The van der Waals surface area contributed by atoms with Crippen LogP contribution in [0.4, 0.5) is 29.7 Å². The van der Waals surface area contributed by atoms with Crippen LogP contribution in [0, 0.1) is 6.92 Å². The second-order valence-corrected chi connectivity index (χ2v) is 9.46. The molecule has 196 valence electrons. The fourth-order valence-electron chi connectivity index (χ4n) is 3.66. The van der Waals surface area contributed by atoms with Crippen molar-refractivity contribution in [3.63, 3.8) is 0 Å². The summed E-state index contributed by atoms with van der Waals surface area (Å²) in [6.07, 6.45) is -3.06. The van der Waals surface area contributed by atoms with Crippen LogP contribution in [0.2, 0.25) is 0 Å². The predicted molar refractivity (Wildman–Crippen MR) is 136 cm³/mol. The van der Waals surface area contributed by atoms with Crippen molar-refractivity contribution < 1.29 is 27.5 Å². The number of amides is 2. The first-order valence-electron chi connectivity index (χ1n) is 11.6. The van der Waals surface area contributed by atoms with Crippen molar-refractivity contribution in [3.05, 3.63) is 70.2 Å². The Morgan fingerprint density at radius 3 is 2.62 bits per heavy atom. The van der Waals surface area contributed by atoms with Crippen LogP contribution in [0.5, 0.6) is 0 Å². The highest BCUT2D eigenvalue weighted by molar-refractivity contribution is 7.17. The third-order valence-electron chi connectivity index (χ3n) is 5.73. The lowest BCUT2D eigenvalue weighted by Gasteiger charge is -2.26. The summed E-state index contributed by atoms with van der Waals surface area (Å²) in [6.45, 7) is 6.59. The summed E-state index contributed by atoms with van der Waals surface area (Å²) < 4.78 is 44.3. The molecule has 1 aliphatic rings. The van der Waals surface area contributed by atoms with Crippen LogP contribution in [0.1, 0.15) is 31.2 Å². The van der Waals surface area contributed by atoms with Gasteiger partial charge in [-0.1, -0.05) is 23.5 Å². The summed E-state index contributed by atoms with van der Waals surface area (Å²) in [6, 6.07) is 9.05. The first kappa shape index (κ1) is 26.6. The number of aromatic nitrogens is 1. The fourth-order valence-corrected chi connectivity index (χ4v) is 4.40. The maximum atomic E-state index is 13.0. The van der Waals surface area contributed by atoms with Gasteiger partial charge in [0.1, 0.15) is 4.88 Å². The molecule has 37 heavy (non-hydrogen) atoms. The van der Waals surface area contributed by atoms with E-state index in [-0.39, 0.29) is 11.5 Å². The summed E-state index contributed by atoms with van der Waals surface area (Å²) in [4.78, 5) is 32.3. The Labute approximate surface area is 215 Å². The van der Waals surface area contributed by atoms with Gasteiger partial charge in [-0.15, -0.1) is 0 Å². The number of hydrogen-bond donors (Lipinski definition) is 3. The molecule has 0 radical (unpaired) electrons. The zero-order valence-corrected chi connectivity index (χ0v) is 20.8. The summed E-state index contributed by atoms with van der Waals surface area (Å²) in [5, 5.41) is 9.26. The Balaban J connectivity index is 1.35. The Hall–Kier alpha value is -3.48. The number of carbonyl (C=O) groups is 2. The minimum atomic E-state index is -4.55.